The van der Waals surface area contributed by atoms with Gasteiger partial charge in [-0.05, 0) is 49.8 Å². The number of amides is 1. The Morgan fingerprint density at radius 2 is 1.74 bits per heavy atom. The van der Waals surface area contributed by atoms with Crippen LogP contribution in [-0.4, -0.2) is 34.9 Å². The second-order valence-corrected chi connectivity index (χ2v) is 7.75. The molecule has 0 aromatic heterocycles. The van der Waals surface area contributed by atoms with Gasteiger partial charge in [-0.25, -0.2) is 0 Å². The first-order valence-corrected chi connectivity index (χ1v) is 10.2. The Balaban J connectivity index is 1.68. The van der Waals surface area contributed by atoms with E-state index in [-0.39, 0.29) is 5.91 Å². The first kappa shape index (κ1) is 19.5. The molecule has 140 valence electrons. The first-order chi connectivity index (χ1) is 13.1. The fourth-order valence-corrected chi connectivity index (χ4v) is 4.14. The number of hydrogen-bond donors (Lipinski definition) is 1. The number of rotatable bonds is 7. The maximum atomic E-state index is 12.7. The third kappa shape index (κ3) is 4.70. The number of thiocarbonyl (C=S) groups is 1. The Hall–Kier alpha value is -2.31. The lowest BCUT2D eigenvalue weighted by Crippen LogP contribution is -2.33. The zero-order valence-electron chi connectivity index (χ0n) is 15.5. The van der Waals surface area contributed by atoms with Crippen LogP contribution in [0.15, 0.2) is 59.5 Å². The van der Waals surface area contributed by atoms with Crippen LogP contribution in [0.3, 0.4) is 0 Å². The lowest BCUT2D eigenvalue weighted by atomic mass is 10.1. The van der Waals surface area contributed by atoms with Crippen molar-refractivity contribution in [3.8, 4) is 0 Å². The molecule has 0 bridgehead atoms. The quantitative estimate of drug-likeness (QED) is 0.536. The molecule has 1 amide bonds. The third-order valence-corrected chi connectivity index (χ3v) is 5.79. The van der Waals surface area contributed by atoms with Crippen molar-refractivity contribution in [3.63, 3.8) is 0 Å². The molecule has 1 aliphatic rings. The summed E-state index contributed by atoms with van der Waals surface area (Å²) in [7, 11) is 0. The van der Waals surface area contributed by atoms with Crippen molar-refractivity contribution in [2.45, 2.75) is 13.8 Å². The summed E-state index contributed by atoms with van der Waals surface area (Å²) < 4.78 is 0.578. The van der Waals surface area contributed by atoms with E-state index < -0.39 is 0 Å². The second kappa shape index (κ2) is 9.06. The molecule has 0 unspecified atom stereocenters. The van der Waals surface area contributed by atoms with E-state index in [0.29, 0.717) is 15.9 Å². The Morgan fingerprint density at radius 3 is 2.37 bits per heavy atom. The minimum atomic E-state index is -0.0544. The Morgan fingerprint density at radius 1 is 1.07 bits per heavy atom. The van der Waals surface area contributed by atoms with Gasteiger partial charge in [-0.3, -0.25) is 9.69 Å². The first-order valence-electron chi connectivity index (χ1n) is 9.01. The van der Waals surface area contributed by atoms with Crippen LogP contribution >= 0.6 is 24.0 Å². The number of nitrogens with one attached hydrogen (secondary N) is 1. The molecule has 0 aliphatic carbocycles. The van der Waals surface area contributed by atoms with Gasteiger partial charge in [0.05, 0.1) is 11.6 Å². The summed E-state index contributed by atoms with van der Waals surface area (Å²) in [6.45, 7) is 6.61. The molecule has 1 aliphatic heterocycles. The van der Waals surface area contributed by atoms with Crippen LogP contribution in [0.2, 0.25) is 0 Å². The van der Waals surface area contributed by atoms with E-state index in [0.717, 1.165) is 24.3 Å². The molecule has 1 heterocycles. The molecular weight excluding hydrogens is 374 g/mol. The Kier molecular flexibility index (Phi) is 6.53. The number of nitrogens with zero attached hydrogens (tertiary/aromatic N) is 2. The summed E-state index contributed by atoms with van der Waals surface area (Å²) in [5.41, 5.74) is 3.15. The van der Waals surface area contributed by atoms with Gasteiger partial charge in [0.15, 0.2) is 0 Å². The van der Waals surface area contributed by atoms with E-state index in [4.69, 9.17) is 12.2 Å². The lowest BCUT2D eigenvalue weighted by Gasteiger charge is -2.20. The molecule has 1 saturated heterocycles. The van der Waals surface area contributed by atoms with Crippen LogP contribution in [0.1, 0.15) is 19.4 Å². The number of carbonyl (C=O) groups is 1. The maximum absolute atomic E-state index is 12.7. The van der Waals surface area contributed by atoms with Crippen molar-refractivity contribution in [2.75, 3.05) is 30.0 Å². The SMILES string of the molecule is CCN(CC)c1ccc(/C=C2/SC(=S)N(CNc3ccccc3)C2=O)cc1. The molecule has 6 heteroatoms. The van der Waals surface area contributed by atoms with Gasteiger partial charge in [-0.1, -0.05) is 54.3 Å². The summed E-state index contributed by atoms with van der Waals surface area (Å²) in [5, 5.41) is 3.24. The van der Waals surface area contributed by atoms with Gasteiger partial charge in [0.1, 0.15) is 4.32 Å². The highest BCUT2D eigenvalue weighted by molar-refractivity contribution is 8.26. The van der Waals surface area contributed by atoms with Gasteiger partial charge < -0.3 is 10.2 Å². The molecule has 1 fully saturated rings. The van der Waals surface area contributed by atoms with Gasteiger partial charge in [0.25, 0.3) is 5.91 Å². The van der Waals surface area contributed by atoms with Crippen molar-refractivity contribution >= 4 is 51.7 Å². The maximum Gasteiger partial charge on any atom is 0.267 e. The highest BCUT2D eigenvalue weighted by atomic mass is 32.2. The zero-order chi connectivity index (χ0) is 19.2. The van der Waals surface area contributed by atoms with Crippen molar-refractivity contribution in [1.82, 2.24) is 4.90 Å². The lowest BCUT2D eigenvalue weighted by molar-refractivity contribution is -0.121. The number of thioether (sulfide) groups is 1. The van der Waals surface area contributed by atoms with Crippen molar-refractivity contribution < 1.29 is 4.79 Å². The molecule has 4 nitrogen and oxygen atoms in total. The molecule has 0 atom stereocenters. The zero-order valence-corrected chi connectivity index (χ0v) is 17.1. The van der Waals surface area contributed by atoms with E-state index in [2.05, 4.69) is 36.2 Å². The summed E-state index contributed by atoms with van der Waals surface area (Å²) in [6, 6.07) is 18.1. The summed E-state index contributed by atoms with van der Waals surface area (Å²) in [5.74, 6) is -0.0544. The van der Waals surface area contributed by atoms with E-state index in [1.807, 2.05) is 48.5 Å². The fraction of sp³-hybridized carbons (Fsp3) is 0.238. The molecule has 1 N–H and O–H groups in total. The Labute approximate surface area is 170 Å². The standard InChI is InChI=1S/C21H23N3OS2/c1-3-23(4-2)18-12-10-16(11-13-18)14-19-20(25)24(21(26)27-19)15-22-17-8-6-5-7-9-17/h5-14,22H,3-4,15H2,1-2H3/b19-14+. The highest BCUT2D eigenvalue weighted by Gasteiger charge is 2.31. The molecule has 3 rings (SSSR count). The highest BCUT2D eigenvalue weighted by Crippen LogP contribution is 2.32. The predicted octanol–water partition coefficient (Wildman–Crippen LogP) is 4.80. The van der Waals surface area contributed by atoms with Crippen LogP contribution < -0.4 is 10.2 Å². The van der Waals surface area contributed by atoms with Gasteiger partial charge >= 0.3 is 0 Å². The second-order valence-electron chi connectivity index (χ2n) is 6.07. The van der Waals surface area contributed by atoms with Crippen LogP contribution in [0.4, 0.5) is 11.4 Å². The number of benzene rings is 2. The van der Waals surface area contributed by atoms with Gasteiger partial charge in [-0.15, -0.1) is 0 Å². The minimum Gasteiger partial charge on any atom is -0.372 e. The van der Waals surface area contributed by atoms with Gasteiger partial charge in [0, 0.05) is 24.5 Å². The van der Waals surface area contributed by atoms with E-state index in [1.165, 1.54) is 17.4 Å². The van der Waals surface area contributed by atoms with E-state index in [1.54, 1.807) is 4.90 Å². The topological polar surface area (TPSA) is 35.6 Å². The average Bonchev–Trinajstić information content (AvgIpc) is 2.96. The largest absolute Gasteiger partial charge is 0.372 e. The summed E-state index contributed by atoms with van der Waals surface area (Å²) >= 11 is 6.74. The van der Waals surface area contributed by atoms with Crippen molar-refractivity contribution in [2.24, 2.45) is 0 Å². The molecule has 27 heavy (non-hydrogen) atoms. The number of hydrogen-bond acceptors (Lipinski definition) is 5. The smallest absolute Gasteiger partial charge is 0.267 e. The third-order valence-electron chi connectivity index (χ3n) is 4.41. The molecule has 2 aromatic carbocycles. The van der Waals surface area contributed by atoms with E-state index in [9.17, 15) is 4.79 Å². The molecular formula is C21H23N3OS2. The molecule has 0 spiro atoms. The summed E-state index contributed by atoms with van der Waals surface area (Å²) in [6.07, 6.45) is 1.91. The monoisotopic (exact) mass is 397 g/mol. The van der Waals surface area contributed by atoms with Crippen molar-refractivity contribution in [3.05, 3.63) is 65.1 Å². The molecule has 2 aromatic rings. The van der Waals surface area contributed by atoms with Crippen molar-refractivity contribution in [1.29, 1.82) is 0 Å². The minimum absolute atomic E-state index is 0.0544. The van der Waals surface area contributed by atoms with Crippen LogP contribution in [-0.2, 0) is 4.79 Å². The summed E-state index contributed by atoms with van der Waals surface area (Å²) in [4.78, 5) is 17.3. The van der Waals surface area contributed by atoms with Gasteiger partial charge in [-0.2, -0.15) is 0 Å². The van der Waals surface area contributed by atoms with Crippen LogP contribution in [0.25, 0.3) is 6.08 Å². The average molecular weight is 398 g/mol. The molecule has 0 saturated carbocycles. The Bertz CT molecular complexity index is 830. The normalized spacial score (nSPS) is 15.5. The van der Waals surface area contributed by atoms with Gasteiger partial charge in [0.2, 0.25) is 0 Å². The number of para-hydroxylation sites is 1. The molecule has 0 radical (unpaired) electrons. The van der Waals surface area contributed by atoms with Crippen LogP contribution in [0, 0.1) is 0 Å². The predicted molar refractivity (Wildman–Crippen MR) is 120 cm³/mol. The van der Waals surface area contributed by atoms with Crippen LogP contribution in [0.5, 0.6) is 0 Å². The number of anilines is 2. The number of carbonyl (C=O) groups excluding carboxylic acids is 1. The fourth-order valence-electron chi connectivity index (χ4n) is 2.88. The van der Waals surface area contributed by atoms with E-state index >= 15 is 0 Å².